The molecule has 3 heteroatoms. The molecule has 19 heavy (non-hydrogen) atoms. The first-order valence-corrected chi connectivity index (χ1v) is 8.33. The number of piperidine rings is 1. The SMILES string of the molecule is CCN1CCCC(NC2CCc3c(Br)cccc32)C1. The van der Waals surface area contributed by atoms with Crippen LogP contribution in [0, 0.1) is 0 Å². The average molecular weight is 323 g/mol. The molecule has 3 rings (SSSR count). The lowest BCUT2D eigenvalue weighted by atomic mass is 10.0. The fourth-order valence-electron chi connectivity index (χ4n) is 3.55. The molecule has 1 heterocycles. The summed E-state index contributed by atoms with van der Waals surface area (Å²) in [6, 6.07) is 7.87. The summed E-state index contributed by atoms with van der Waals surface area (Å²) in [5.41, 5.74) is 3.03. The molecule has 104 valence electrons. The molecule has 0 radical (unpaired) electrons. The van der Waals surface area contributed by atoms with Crippen molar-refractivity contribution in [3.05, 3.63) is 33.8 Å². The van der Waals surface area contributed by atoms with Gasteiger partial charge in [-0.25, -0.2) is 0 Å². The Labute approximate surface area is 124 Å². The smallest absolute Gasteiger partial charge is 0.0329 e. The van der Waals surface area contributed by atoms with E-state index in [4.69, 9.17) is 0 Å². The largest absolute Gasteiger partial charge is 0.306 e. The van der Waals surface area contributed by atoms with Gasteiger partial charge < -0.3 is 10.2 Å². The molecule has 1 N–H and O–H groups in total. The van der Waals surface area contributed by atoms with Crippen LogP contribution in [0.5, 0.6) is 0 Å². The number of hydrogen-bond donors (Lipinski definition) is 1. The Hall–Kier alpha value is -0.380. The molecule has 0 bridgehead atoms. The van der Waals surface area contributed by atoms with Crippen LogP contribution in [0.2, 0.25) is 0 Å². The molecule has 0 amide bonds. The first kappa shape index (κ1) is 13.6. The highest BCUT2D eigenvalue weighted by Crippen LogP contribution is 2.36. The third-order valence-corrected chi connectivity index (χ3v) is 5.35. The van der Waals surface area contributed by atoms with Gasteiger partial charge in [0, 0.05) is 23.1 Å². The van der Waals surface area contributed by atoms with Gasteiger partial charge in [-0.05, 0) is 56.0 Å². The number of likely N-dealkylation sites (tertiary alicyclic amines) is 1. The van der Waals surface area contributed by atoms with Crippen molar-refractivity contribution in [2.45, 2.75) is 44.7 Å². The highest BCUT2D eigenvalue weighted by molar-refractivity contribution is 9.10. The first-order chi connectivity index (χ1) is 9.28. The minimum atomic E-state index is 0.564. The van der Waals surface area contributed by atoms with E-state index >= 15 is 0 Å². The Bertz CT molecular complexity index is 446. The molecule has 0 spiro atoms. The zero-order valence-electron chi connectivity index (χ0n) is 11.7. The second kappa shape index (κ2) is 5.94. The topological polar surface area (TPSA) is 15.3 Å². The predicted octanol–water partition coefficient (Wildman–Crippen LogP) is 3.51. The highest BCUT2D eigenvalue weighted by atomic mass is 79.9. The average Bonchev–Trinajstić information content (AvgIpc) is 2.84. The van der Waals surface area contributed by atoms with Gasteiger partial charge in [0.05, 0.1) is 0 Å². The van der Waals surface area contributed by atoms with Crippen molar-refractivity contribution in [3.63, 3.8) is 0 Å². The molecule has 0 saturated carbocycles. The number of nitrogens with zero attached hydrogens (tertiary/aromatic N) is 1. The molecule has 2 nitrogen and oxygen atoms in total. The van der Waals surface area contributed by atoms with Gasteiger partial charge in [0.25, 0.3) is 0 Å². The number of benzene rings is 1. The van der Waals surface area contributed by atoms with Crippen molar-refractivity contribution in [2.24, 2.45) is 0 Å². The minimum absolute atomic E-state index is 0.564. The maximum atomic E-state index is 3.90. The summed E-state index contributed by atoms with van der Waals surface area (Å²) in [4.78, 5) is 2.57. The van der Waals surface area contributed by atoms with Gasteiger partial charge in [-0.15, -0.1) is 0 Å². The second-order valence-corrected chi connectivity index (χ2v) is 6.65. The van der Waals surface area contributed by atoms with Crippen LogP contribution in [0.1, 0.15) is 43.4 Å². The lowest BCUT2D eigenvalue weighted by Crippen LogP contribution is -2.46. The van der Waals surface area contributed by atoms with Gasteiger partial charge in [-0.2, -0.15) is 0 Å². The molecule has 2 atom stereocenters. The fourth-order valence-corrected chi connectivity index (χ4v) is 4.13. The van der Waals surface area contributed by atoms with Crippen molar-refractivity contribution in [1.82, 2.24) is 10.2 Å². The van der Waals surface area contributed by atoms with Gasteiger partial charge in [0.15, 0.2) is 0 Å². The number of fused-ring (bicyclic) bond motifs is 1. The van der Waals surface area contributed by atoms with Crippen molar-refractivity contribution in [3.8, 4) is 0 Å². The van der Waals surface area contributed by atoms with E-state index in [1.54, 1.807) is 0 Å². The van der Waals surface area contributed by atoms with E-state index in [0.29, 0.717) is 12.1 Å². The summed E-state index contributed by atoms with van der Waals surface area (Å²) in [6.45, 7) is 5.95. The van der Waals surface area contributed by atoms with Crippen molar-refractivity contribution < 1.29 is 0 Å². The third-order valence-electron chi connectivity index (χ3n) is 4.60. The standard InChI is InChI=1S/C16H23BrN2/c1-2-19-10-4-5-12(11-19)18-16-9-8-13-14(16)6-3-7-15(13)17/h3,6-7,12,16,18H,2,4-5,8-11H2,1H3. The summed E-state index contributed by atoms with van der Waals surface area (Å²) >= 11 is 3.68. The predicted molar refractivity (Wildman–Crippen MR) is 83.5 cm³/mol. The summed E-state index contributed by atoms with van der Waals surface area (Å²) in [5.74, 6) is 0. The Morgan fingerprint density at radius 1 is 1.37 bits per heavy atom. The summed E-state index contributed by atoms with van der Waals surface area (Å²) in [7, 11) is 0. The summed E-state index contributed by atoms with van der Waals surface area (Å²) < 4.78 is 1.29. The molecule has 1 aromatic carbocycles. The number of rotatable bonds is 3. The van der Waals surface area contributed by atoms with E-state index in [9.17, 15) is 0 Å². The molecule has 1 aliphatic heterocycles. The molecular formula is C16H23BrN2. The van der Waals surface area contributed by atoms with Gasteiger partial charge in [0.1, 0.15) is 0 Å². The molecule has 0 aromatic heterocycles. The summed E-state index contributed by atoms with van der Waals surface area (Å²) in [5, 5.41) is 3.90. The van der Waals surface area contributed by atoms with Crippen LogP contribution in [-0.4, -0.2) is 30.6 Å². The molecule has 2 aliphatic rings. The van der Waals surface area contributed by atoms with E-state index in [-0.39, 0.29) is 0 Å². The molecule has 1 aliphatic carbocycles. The Kier molecular flexibility index (Phi) is 4.25. The van der Waals surface area contributed by atoms with Crippen molar-refractivity contribution >= 4 is 15.9 Å². The quantitative estimate of drug-likeness (QED) is 0.916. The Morgan fingerprint density at radius 2 is 2.26 bits per heavy atom. The van der Waals surface area contributed by atoms with Gasteiger partial charge in [0.2, 0.25) is 0 Å². The van der Waals surface area contributed by atoms with Crippen LogP contribution in [-0.2, 0) is 6.42 Å². The van der Waals surface area contributed by atoms with Crippen LogP contribution >= 0.6 is 15.9 Å². The van der Waals surface area contributed by atoms with Crippen LogP contribution in [0.25, 0.3) is 0 Å². The van der Waals surface area contributed by atoms with E-state index in [2.05, 4.69) is 51.3 Å². The maximum Gasteiger partial charge on any atom is 0.0329 e. The fraction of sp³-hybridized carbons (Fsp3) is 0.625. The minimum Gasteiger partial charge on any atom is -0.306 e. The van der Waals surface area contributed by atoms with E-state index < -0.39 is 0 Å². The Morgan fingerprint density at radius 3 is 3.11 bits per heavy atom. The Balaban J connectivity index is 1.68. The van der Waals surface area contributed by atoms with Crippen molar-refractivity contribution in [1.29, 1.82) is 0 Å². The first-order valence-electron chi connectivity index (χ1n) is 7.53. The van der Waals surface area contributed by atoms with Gasteiger partial charge in [-0.3, -0.25) is 0 Å². The van der Waals surface area contributed by atoms with E-state index in [0.717, 1.165) is 0 Å². The summed E-state index contributed by atoms with van der Waals surface area (Å²) in [6.07, 6.45) is 5.12. The highest BCUT2D eigenvalue weighted by Gasteiger charge is 2.27. The number of hydrogen-bond acceptors (Lipinski definition) is 2. The zero-order valence-corrected chi connectivity index (χ0v) is 13.2. The van der Waals surface area contributed by atoms with Crippen LogP contribution in [0.4, 0.5) is 0 Å². The molecule has 1 aromatic rings. The molecule has 1 fully saturated rings. The maximum absolute atomic E-state index is 3.90. The van der Waals surface area contributed by atoms with E-state index in [1.165, 1.54) is 60.9 Å². The molecule has 2 unspecified atom stereocenters. The zero-order chi connectivity index (χ0) is 13.2. The normalized spacial score (nSPS) is 27.5. The second-order valence-electron chi connectivity index (χ2n) is 5.80. The van der Waals surface area contributed by atoms with Crippen LogP contribution in [0.15, 0.2) is 22.7 Å². The van der Waals surface area contributed by atoms with Crippen molar-refractivity contribution in [2.75, 3.05) is 19.6 Å². The lowest BCUT2D eigenvalue weighted by molar-refractivity contribution is 0.190. The number of nitrogens with one attached hydrogen (secondary N) is 1. The molecular weight excluding hydrogens is 300 g/mol. The monoisotopic (exact) mass is 322 g/mol. The van der Waals surface area contributed by atoms with Crippen LogP contribution in [0.3, 0.4) is 0 Å². The molecule has 1 saturated heterocycles. The van der Waals surface area contributed by atoms with E-state index in [1.807, 2.05) is 0 Å². The lowest BCUT2D eigenvalue weighted by Gasteiger charge is -2.34. The van der Waals surface area contributed by atoms with Crippen LogP contribution < -0.4 is 5.32 Å². The third kappa shape index (κ3) is 2.88. The number of likely N-dealkylation sites (N-methyl/N-ethyl adjacent to an activating group) is 1. The van der Waals surface area contributed by atoms with Gasteiger partial charge >= 0.3 is 0 Å². The number of halogens is 1. The van der Waals surface area contributed by atoms with Gasteiger partial charge in [-0.1, -0.05) is 35.0 Å².